The average Bonchev–Trinajstić information content (AvgIpc) is 3.05. The molecule has 1 unspecified atom stereocenters. The smallest absolute Gasteiger partial charge is 0.322 e. The lowest BCUT2D eigenvalue weighted by atomic mass is 10.0. The van der Waals surface area contributed by atoms with Crippen molar-refractivity contribution in [2.75, 3.05) is 6.54 Å². The summed E-state index contributed by atoms with van der Waals surface area (Å²) in [4.78, 5) is 34.8. The number of hydrogen-bond donors (Lipinski definition) is 2. The highest BCUT2D eigenvalue weighted by atomic mass is 16.5. The summed E-state index contributed by atoms with van der Waals surface area (Å²) in [5, 5.41) is 11.0. The number of carboxylic acid groups (broad SMARTS) is 1. The first kappa shape index (κ1) is 44.6. The van der Waals surface area contributed by atoms with Crippen LogP contribution in [0.15, 0.2) is 36.5 Å². The molecule has 0 rings (SSSR count). The van der Waals surface area contributed by atoms with Crippen molar-refractivity contribution < 1.29 is 24.2 Å². The zero-order chi connectivity index (χ0) is 34.5. The Bertz CT molecular complexity index is 819. The number of rotatable bonds is 35. The van der Waals surface area contributed by atoms with Crippen LogP contribution in [-0.2, 0) is 19.1 Å². The Balaban J connectivity index is 4.06. The van der Waals surface area contributed by atoms with E-state index in [4.69, 9.17) is 9.84 Å². The second-order valence-corrected chi connectivity index (χ2v) is 13.2. The number of aliphatic carboxylic acids is 1. The van der Waals surface area contributed by atoms with Crippen molar-refractivity contribution in [3.05, 3.63) is 36.5 Å². The summed E-state index contributed by atoms with van der Waals surface area (Å²) in [6.07, 6.45) is 44.4. The molecule has 0 saturated heterocycles. The number of hydrogen-bond acceptors (Lipinski definition) is 4. The molecule has 47 heavy (non-hydrogen) atoms. The Labute approximate surface area is 289 Å². The number of ether oxygens (including phenoxy) is 1. The lowest BCUT2D eigenvalue weighted by Gasteiger charge is -2.14. The molecule has 6 nitrogen and oxygen atoms in total. The van der Waals surface area contributed by atoms with Crippen LogP contribution in [0.2, 0.25) is 0 Å². The van der Waals surface area contributed by atoms with Crippen molar-refractivity contribution in [1.29, 1.82) is 0 Å². The number of esters is 1. The third-order valence-corrected chi connectivity index (χ3v) is 8.56. The van der Waals surface area contributed by atoms with E-state index < -0.39 is 5.97 Å². The fraction of sp³-hybridized carbons (Fsp3) is 0.780. The monoisotopic (exact) mass is 660 g/mol. The van der Waals surface area contributed by atoms with Gasteiger partial charge in [-0.2, -0.15) is 0 Å². The Hall–Kier alpha value is -2.37. The molecule has 0 aliphatic rings. The van der Waals surface area contributed by atoms with Gasteiger partial charge in [0, 0.05) is 12.8 Å². The maximum Gasteiger partial charge on any atom is 0.322 e. The first-order chi connectivity index (χ1) is 23.0. The summed E-state index contributed by atoms with van der Waals surface area (Å²) in [5.41, 5.74) is 0. The molecule has 0 saturated carbocycles. The number of carbonyl (C=O) groups is 3. The zero-order valence-electron chi connectivity index (χ0n) is 30.6. The van der Waals surface area contributed by atoms with Crippen LogP contribution in [0.5, 0.6) is 0 Å². The fourth-order valence-electron chi connectivity index (χ4n) is 5.68. The summed E-state index contributed by atoms with van der Waals surface area (Å²) < 4.78 is 5.86. The minimum absolute atomic E-state index is 0.105. The van der Waals surface area contributed by atoms with Crippen LogP contribution >= 0.6 is 0 Å². The van der Waals surface area contributed by atoms with Gasteiger partial charge in [-0.1, -0.05) is 166 Å². The molecule has 1 atom stereocenters. The molecular weight excluding hydrogens is 586 g/mol. The molecule has 6 heteroatoms. The van der Waals surface area contributed by atoms with Crippen LogP contribution in [0.25, 0.3) is 0 Å². The third-order valence-electron chi connectivity index (χ3n) is 8.56. The van der Waals surface area contributed by atoms with E-state index in [0.29, 0.717) is 12.8 Å². The molecule has 2 N–H and O–H groups in total. The van der Waals surface area contributed by atoms with Gasteiger partial charge in [0.1, 0.15) is 12.6 Å². The summed E-state index contributed by atoms with van der Waals surface area (Å²) in [6, 6.07) is 0. The molecule has 0 aliphatic carbocycles. The van der Waals surface area contributed by atoms with Gasteiger partial charge in [0.05, 0.1) is 0 Å². The van der Waals surface area contributed by atoms with Crippen molar-refractivity contribution in [3.63, 3.8) is 0 Å². The zero-order valence-corrected chi connectivity index (χ0v) is 30.6. The van der Waals surface area contributed by atoms with Crippen molar-refractivity contribution in [2.24, 2.45) is 0 Å². The Morgan fingerprint density at radius 3 is 1.53 bits per heavy atom. The fourth-order valence-corrected chi connectivity index (χ4v) is 5.68. The van der Waals surface area contributed by atoms with Crippen LogP contribution in [0, 0.1) is 0 Å². The maximum atomic E-state index is 12.6. The van der Waals surface area contributed by atoms with Gasteiger partial charge in [-0.3, -0.25) is 14.4 Å². The molecule has 0 aromatic heterocycles. The highest BCUT2D eigenvalue weighted by molar-refractivity contribution is 5.80. The van der Waals surface area contributed by atoms with Gasteiger partial charge in [-0.25, -0.2) is 0 Å². The van der Waals surface area contributed by atoms with Crippen LogP contribution in [0.1, 0.15) is 194 Å². The van der Waals surface area contributed by atoms with Crippen LogP contribution in [0.4, 0.5) is 0 Å². The number of nitrogens with one attached hydrogen (secondary N) is 1. The van der Waals surface area contributed by atoms with Gasteiger partial charge in [-0.05, 0) is 51.0 Å². The van der Waals surface area contributed by atoms with Crippen molar-refractivity contribution >= 4 is 17.8 Å². The third kappa shape index (κ3) is 36.3. The van der Waals surface area contributed by atoms with Gasteiger partial charge in [0.25, 0.3) is 0 Å². The Kier molecular flexibility index (Phi) is 34.6. The SMILES string of the molecule is CC/C=C\C/C=C\C/C=C\C(CCCCCCC(=O)NCC(=O)O)OC(=O)CCCCCCCCCCCCCCCCCCCC. The Morgan fingerprint density at radius 1 is 0.574 bits per heavy atom. The van der Waals surface area contributed by atoms with Gasteiger partial charge in [0.2, 0.25) is 5.91 Å². The number of carboxylic acids is 1. The predicted octanol–water partition coefficient (Wildman–Crippen LogP) is 11.7. The highest BCUT2D eigenvalue weighted by Crippen LogP contribution is 2.16. The molecule has 0 aliphatic heterocycles. The van der Waals surface area contributed by atoms with Gasteiger partial charge in [0.15, 0.2) is 0 Å². The van der Waals surface area contributed by atoms with E-state index in [9.17, 15) is 14.4 Å². The van der Waals surface area contributed by atoms with Crippen LogP contribution in [0.3, 0.4) is 0 Å². The second kappa shape index (κ2) is 36.5. The molecule has 0 aromatic rings. The molecule has 0 bridgehead atoms. The predicted molar refractivity (Wildman–Crippen MR) is 199 cm³/mol. The number of unbranched alkanes of at least 4 members (excludes halogenated alkanes) is 20. The lowest BCUT2D eigenvalue weighted by molar-refractivity contribution is -0.147. The minimum Gasteiger partial charge on any atom is -0.480 e. The van der Waals surface area contributed by atoms with Gasteiger partial charge < -0.3 is 15.2 Å². The molecule has 0 aromatic carbocycles. The minimum atomic E-state index is -1.03. The molecule has 272 valence electrons. The largest absolute Gasteiger partial charge is 0.480 e. The van der Waals surface area contributed by atoms with E-state index in [-0.39, 0.29) is 24.5 Å². The number of allylic oxidation sites excluding steroid dienone is 5. The summed E-state index contributed by atoms with van der Waals surface area (Å²) in [6.45, 7) is 4.08. The van der Waals surface area contributed by atoms with E-state index in [1.54, 1.807) is 0 Å². The van der Waals surface area contributed by atoms with Gasteiger partial charge >= 0.3 is 11.9 Å². The number of carbonyl (C=O) groups excluding carboxylic acids is 2. The van der Waals surface area contributed by atoms with E-state index in [2.05, 4.69) is 49.5 Å². The Morgan fingerprint density at radius 2 is 1.02 bits per heavy atom. The molecule has 0 fully saturated rings. The molecule has 0 heterocycles. The first-order valence-corrected chi connectivity index (χ1v) is 19.6. The van der Waals surface area contributed by atoms with Crippen LogP contribution < -0.4 is 5.32 Å². The summed E-state index contributed by atoms with van der Waals surface area (Å²) in [5.74, 6) is -1.36. The lowest BCUT2D eigenvalue weighted by Crippen LogP contribution is -2.28. The quantitative estimate of drug-likeness (QED) is 0.0401. The van der Waals surface area contributed by atoms with Crippen molar-refractivity contribution in [2.45, 2.75) is 200 Å². The summed E-state index contributed by atoms with van der Waals surface area (Å²) >= 11 is 0. The molecular formula is C41H73NO5. The van der Waals surface area contributed by atoms with Crippen molar-refractivity contribution in [1.82, 2.24) is 5.32 Å². The standard InChI is InChI=1S/C41H73NO5/c1-3-5-7-9-11-13-14-15-16-17-18-19-20-21-22-24-26-32-36-41(46)47-38(33-29-25-23-12-10-8-6-4-2)34-30-27-28-31-35-39(43)42-37-40(44)45/h6,8,12,23,29,33,38H,3-5,7,9-11,13-22,24-28,30-32,34-37H2,1-2H3,(H,42,43)(H,44,45)/b8-6-,23-12-,33-29-. The number of amides is 1. The normalized spacial score (nSPS) is 12.4. The van der Waals surface area contributed by atoms with Crippen LogP contribution in [-0.4, -0.2) is 35.6 Å². The molecule has 0 spiro atoms. The van der Waals surface area contributed by atoms with E-state index in [1.165, 1.54) is 103 Å². The average molecular weight is 660 g/mol. The first-order valence-electron chi connectivity index (χ1n) is 19.6. The second-order valence-electron chi connectivity index (χ2n) is 13.2. The maximum absolute atomic E-state index is 12.6. The van der Waals surface area contributed by atoms with Crippen molar-refractivity contribution in [3.8, 4) is 0 Å². The topological polar surface area (TPSA) is 92.7 Å². The van der Waals surface area contributed by atoms with E-state index in [0.717, 1.165) is 64.2 Å². The highest BCUT2D eigenvalue weighted by Gasteiger charge is 2.12. The molecule has 0 radical (unpaired) electrons. The summed E-state index contributed by atoms with van der Waals surface area (Å²) in [7, 11) is 0. The molecule has 1 amide bonds. The van der Waals surface area contributed by atoms with E-state index in [1.807, 2.05) is 6.08 Å². The van der Waals surface area contributed by atoms with Gasteiger partial charge in [-0.15, -0.1) is 0 Å². The van der Waals surface area contributed by atoms with E-state index >= 15 is 0 Å².